The molecular formula is C31H36ClN7O2. The molecule has 0 spiro atoms. The van der Waals surface area contributed by atoms with Crippen LogP contribution in [0.2, 0.25) is 5.02 Å². The summed E-state index contributed by atoms with van der Waals surface area (Å²) >= 11 is 6.09. The Morgan fingerprint density at radius 1 is 0.927 bits per heavy atom. The number of halogens is 1. The first kappa shape index (κ1) is 28.6. The Morgan fingerprint density at radius 2 is 1.68 bits per heavy atom. The molecule has 0 aliphatic carbocycles. The van der Waals surface area contributed by atoms with Crippen LogP contribution in [-0.4, -0.2) is 65.2 Å². The summed E-state index contributed by atoms with van der Waals surface area (Å²) in [6, 6.07) is 17.2. The number of hydrogen-bond donors (Lipinski definition) is 3. The van der Waals surface area contributed by atoms with Gasteiger partial charge in [0.25, 0.3) is 5.91 Å². The number of morpholine rings is 1. The number of aryl methyl sites for hydroxylation is 1. The molecular weight excluding hydrogens is 538 g/mol. The lowest BCUT2D eigenvalue weighted by Crippen LogP contribution is -2.40. The largest absolute Gasteiger partial charge is 0.384 e. The Morgan fingerprint density at radius 3 is 2.46 bits per heavy atom. The van der Waals surface area contributed by atoms with Crippen molar-refractivity contribution in [3.05, 3.63) is 77.1 Å². The van der Waals surface area contributed by atoms with E-state index in [4.69, 9.17) is 16.3 Å². The zero-order valence-corrected chi connectivity index (χ0v) is 24.1. The molecule has 214 valence electrons. The third kappa shape index (κ3) is 8.05. The zero-order valence-electron chi connectivity index (χ0n) is 23.3. The topological polar surface area (TPSA) is 104 Å². The van der Waals surface area contributed by atoms with Crippen LogP contribution < -0.4 is 16.0 Å². The van der Waals surface area contributed by atoms with E-state index in [0.717, 1.165) is 72.6 Å². The van der Waals surface area contributed by atoms with Crippen LogP contribution in [0.1, 0.15) is 41.7 Å². The number of ether oxygens (including phenoxy) is 1. The van der Waals surface area contributed by atoms with Crippen LogP contribution in [0.3, 0.4) is 0 Å². The van der Waals surface area contributed by atoms with Gasteiger partial charge < -0.3 is 25.6 Å². The van der Waals surface area contributed by atoms with E-state index in [2.05, 4.69) is 30.9 Å². The van der Waals surface area contributed by atoms with Crippen molar-refractivity contribution in [1.29, 1.82) is 0 Å². The summed E-state index contributed by atoms with van der Waals surface area (Å²) < 4.78 is 5.34. The minimum Gasteiger partial charge on any atom is -0.384 e. The van der Waals surface area contributed by atoms with Gasteiger partial charge in [0.2, 0.25) is 5.95 Å². The first-order valence-corrected chi connectivity index (χ1v) is 14.5. The number of unbranched alkanes of at least 4 members (excludes halogenated alkanes) is 3. The zero-order chi connectivity index (χ0) is 28.4. The number of carbonyl (C=O) groups is 1. The van der Waals surface area contributed by atoms with Crippen LogP contribution in [0.15, 0.2) is 60.8 Å². The van der Waals surface area contributed by atoms with Gasteiger partial charge in [0.15, 0.2) is 0 Å². The number of anilines is 4. The molecule has 9 nitrogen and oxygen atoms in total. The van der Waals surface area contributed by atoms with E-state index in [9.17, 15) is 4.79 Å². The highest BCUT2D eigenvalue weighted by Gasteiger charge is 2.18. The van der Waals surface area contributed by atoms with Crippen molar-refractivity contribution in [2.24, 2.45) is 0 Å². The van der Waals surface area contributed by atoms with Crippen molar-refractivity contribution >= 4 is 51.6 Å². The molecule has 0 bridgehead atoms. The molecule has 3 N–H and O–H groups in total. The SMILES string of the molecule is Cc1cc(NCCCCCCNc2ccnc3cc(Cl)ccc23)nc(Nc2ccc(C(=O)N3CCOCC3)cc2)n1. The number of nitrogens with zero attached hydrogens (tertiary/aromatic N) is 4. The molecule has 1 amide bonds. The molecule has 0 saturated carbocycles. The number of benzene rings is 2. The van der Waals surface area contributed by atoms with Crippen LogP contribution in [0.5, 0.6) is 0 Å². The Balaban J connectivity index is 1.03. The minimum absolute atomic E-state index is 0.0301. The first-order chi connectivity index (χ1) is 20.0. The fraction of sp³-hybridized carbons (Fsp3) is 0.355. The Labute approximate surface area is 245 Å². The maximum atomic E-state index is 12.7. The van der Waals surface area contributed by atoms with Gasteiger partial charge in [-0.1, -0.05) is 24.4 Å². The Kier molecular flexibility index (Phi) is 9.82. The van der Waals surface area contributed by atoms with E-state index < -0.39 is 0 Å². The van der Waals surface area contributed by atoms with E-state index in [1.54, 1.807) is 0 Å². The normalized spacial score (nSPS) is 13.3. The number of hydrogen-bond acceptors (Lipinski definition) is 8. The summed E-state index contributed by atoms with van der Waals surface area (Å²) in [6.45, 7) is 6.15. The van der Waals surface area contributed by atoms with Gasteiger partial charge in [0, 0.05) is 71.5 Å². The highest BCUT2D eigenvalue weighted by molar-refractivity contribution is 6.31. The third-order valence-corrected chi connectivity index (χ3v) is 7.21. The molecule has 41 heavy (non-hydrogen) atoms. The predicted octanol–water partition coefficient (Wildman–Crippen LogP) is 6.29. The number of nitrogens with one attached hydrogen (secondary N) is 3. The number of rotatable bonds is 12. The lowest BCUT2D eigenvalue weighted by molar-refractivity contribution is 0.0303. The van der Waals surface area contributed by atoms with Crippen LogP contribution >= 0.6 is 11.6 Å². The Bertz CT molecular complexity index is 1460. The Hall–Kier alpha value is -3.95. The maximum absolute atomic E-state index is 12.7. The number of amides is 1. The molecule has 1 fully saturated rings. The van der Waals surface area contributed by atoms with Gasteiger partial charge in [0.1, 0.15) is 5.82 Å². The first-order valence-electron chi connectivity index (χ1n) is 14.2. The van der Waals surface area contributed by atoms with Crippen molar-refractivity contribution in [2.75, 3.05) is 55.3 Å². The minimum atomic E-state index is 0.0301. The summed E-state index contributed by atoms with van der Waals surface area (Å²) in [4.78, 5) is 28.0. The molecule has 5 rings (SSSR count). The number of carbonyl (C=O) groups excluding carboxylic acids is 1. The smallest absolute Gasteiger partial charge is 0.254 e. The number of fused-ring (bicyclic) bond motifs is 1. The van der Waals surface area contributed by atoms with Gasteiger partial charge in [-0.25, -0.2) is 4.98 Å². The molecule has 0 unspecified atom stereocenters. The van der Waals surface area contributed by atoms with Gasteiger partial charge in [0.05, 0.1) is 18.7 Å². The van der Waals surface area contributed by atoms with Crippen molar-refractivity contribution in [1.82, 2.24) is 19.9 Å². The van der Waals surface area contributed by atoms with E-state index in [1.807, 2.05) is 72.6 Å². The van der Waals surface area contributed by atoms with Gasteiger partial charge in [-0.05, 0) is 68.3 Å². The van der Waals surface area contributed by atoms with Gasteiger partial charge in [-0.3, -0.25) is 9.78 Å². The maximum Gasteiger partial charge on any atom is 0.254 e. The summed E-state index contributed by atoms with van der Waals surface area (Å²) in [7, 11) is 0. The second-order valence-electron chi connectivity index (χ2n) is 10.1. The third-order valence-electron chi connectivity index (χ3n) is 6.97. The van der Waals surface area contributed by atoms with Crippen LogP contribution in [0, 0.1) is 6.92 Å². The van der Waals surface area contributed by atoms with Crippen LogP contribution in [0.4, 0.5) is 23.1 Å². The standard InChI is InChI=1S/C31H36ClN7O2/c1-22-20-29(35-14-5-3-2-4-13-33-27-12-15-34-28-21-24(32)8-11-26(27)28)38-31(36-22)37-25-9-6-23(7-10-25)30(40)39-16-18-41-19-17-39/h6-12,15,20-21H,2-5,13-14,16-19H2,1H3,(H,33,34)(H2,35,36,37,38). The summed E-state index contributed by atoms with van der Waals surface area (Å²) in [5.74, 6) is 1.35. The van der Waals surface area contributed by atoms with Crippen molar-refractivity contribution in [3.63, 3.8) is 0 Å². The molecule has 1 saturated heterocycles. The fourth-order valence-electron chi connectivity index (χ4n) is 4.81. The van der Waals surface area contributed by atoms with Crippen molar-refractivity contribution < 1.29 is 9.53 Å². The van der Waals surface area contributed by atoms with Crippen LogP contribution in [-0.2, 0) is 4.74 Å². The molecule has 1 aliphatic rings. The van der Waals surface area contributed by atoms with E-state index >= 15 is 0 Å². The fourth-order valence-corrected chi connectivity index (χ4v) is 4.97. The second kappa shape index (κ2) is 14.1. The van der Waals surface area contributed by atoms with Gasteiger partial charge in [-0.2, -0.15) is 4.98 Å². The van der Waals surface area contributed by atoms with E-state index in [0.29, 0.717) is 42.8 Å². The molecule has 0 atom stereocenters. The molecule has 2 aromatic heterocycles. The van der Waals surface area contributed by atoms with Crippen molar-refractivity contribution in [3.8, 4) is 0 Å². The molecule has 3 heterocycles. The average molecular weight is 574 g/mol. The second-order valence-corrected chi connectivity index (χ2v) is 10.5. The summed E-state index contributed by atoms with van der Waals surface area (Å²) in [6.07, 6.45) is 6.24. The number of aromatic nitrogens is 3. The van der Waals surface area contributed by atoms with Crippen LogP contribution in [0.25, 0.3) is 10.9 Å². The molecule has 4 aromatic rings. The molecule has 1 aliphatic heterocycles. The summed E-state index contributed by atoms with van der Waals surface area (Å²) in [5.41, 5.74) is 4.37. The molecule has 2 aromatic carbocycles. The highest BCUT2D eigenvalue weighted by atomic mass is 35.5. The lowest BCUT2D eigenvalue weighted by Gasteiger charge is -2.26. The summed E-state index contributed by atoms with van der Waals surface area (Å²) in [5, 5.41) is 12.0. The van der Waals surface area contributed by atoms with Gasteiger partial charge in [-0.15, -0.1) is 0 Å². The van der Waals surface area contributed by atoms with Crippen molar-refractivity contribution in [2.45, 2.75) is 32.6 Å². The van der Waals surface area contributed by atoms with E-state index in [1.165, 1.54) is 0 Å². The highest BCUT2D eigenvalue weighted by Crippen LogP contribution is 2.24. The van der Waals surface area contributed by atoms with E-state index in [-0.39, 0.29) is 5.91 Å². The quantitative estimate of drug-likeness (QED) is 0.170. The monoisotopic (exact) mass is 573 g/mol. The molecule has 0 radical (unpaired) electrons. The average Bonchev–Trinajstić information content (AvgIpc) is 2.98. The lowest BCUT2D eigenvalue weighted by atomic mass is 10.1. The number of pyridine rings is 1. The predicted molar refractivity (Wildman–Crippen MR) is 165 cm³/mol. The van der Waals surface area contributed by atoms with Gasteiger partial charge >= 0.3 is 0 Å². The molecule has 10 heteroatoms.